The summed E-state index contributed by atoms with van der Waals surface area (Å²) in [6.07, 6.45) is 2.57. The SMILES string of the molecule is C[C@@H]1CC(C)(C)N(C)c2ccc(/C=C3\C(=O)NC(=O)N(c4ccccc4)C3=O)cc21. The first-order valence-electron chi connectivity index (χ1n) is 10.0. The third-order valence-corrected chi connectivity index (χ3v) is 6.08. The lowest BCUT2D eigenvalue weighted by atomic mass is 9.80. The third-order valence-electron chi connectivity index (χ3n) is 6.08. The summed E-state index contributed by atoms with van der Waals surface area (Å²) in [5, 5.41) is 2.27. The zero-order chi connectivity index (χ0) is 21.6. The quantitative estimate of drug-likeness (QED) is 0.606. The van der Waals surface area contributed by atoms with Gasteiger partial charge in [0.1, 0.15) is 5.57 Å². The van der Waals surface area contributed by atoms with Gasteiger partial charge >= 0.3 is 6.03 Å². The van der Waals surface area contributed by atoms with E-state index in [4.69, 9.17) is 0 Å². The molecule has 154 valence electrons. The van der Waals surface area contributed by atoms with Gasteiger partial charge in [0.2, 0.25) is 0 Å². The van der Waals surface area contributed by atoms with Crippen LogP contribution < -0.4 is 15.1 Å². The van der Waals surface area contributed by atoms with Gasteiger partial charge in [0.15, 0.2) is 0 Å². The molecule has 0 aliphatic carbocycles. The number of fused-ring (bicyclic) bond motifs is 1. The summed E-state index contributed by atoms with van der Waals surface area (Å²) in [5.74, 6) is -0.956. The molecule has 1 N–H and O–H groups in total. The molecule has 2 heterocycles. The van der Waals surface area contributed by atoms with E-state index in [2.05, 4.69) is 38.0 Å². The fourth-order valence-corrected chi connectivity index (χ4v) is 4.32. The van der Waals surface area contributed by atoms with Crippen LogP contribution in [0.3, 0.4) is 0 Å². The summed E-state index contributed by atoms with van der Waals surface area (Å²) >= 11 is 0. The topological polar surface area (TPSA) is 69.7 Å². The molecule has 2 aliphatic rings. The van der Waals surface area contributed by atoms with Crippen LogP contribution in [-0.2, 0) is 9.59 Å². The number of nitrogens with zero attached hydrogens (tertiary/aromatic N) is 2. The van der Waals surface area contributed by atoms with Crippen molar-refractivity contribution in [1.29, 1.82) is 0 Å². The van der Waals surface area contributed by atoms with E-state index in [9.17, 15) is 14.4 Å². The molecule has 0 spiro atoms. The van der Waals surface area contributed by atoms with E-state index in [0.717, 1.165) is 22.6 Å². The van der Waals surface area contributed by atoms with E-state index in [1.54, 1.807) is 36.4 Å². The lowest BCUT2D eigenvalue weighted by Gasteiger charge is -2.45. The molecule has 4 rings (SSSR count). The van der Waals surface area contributed by atoms with Crippen LogP contribution in [0.1, 0.15) is 44.2 Å². The minimum atomic E-state index is -0.740. The van der Waals surface area contributed by atoms with Gasteiger partial charge in [-0.2, -0.15) is 0 Å². The van der Waals surface area contributed by atoms with E-state index in [0.29, 0.717) is 11.6 Å². The van der Waals surface area contributed by atoms with E-state index >= 15 is 0 Å². The second kappa shape index (κ2) is 7.13. The highest BCUT2D eigenvalue weighted by Gasteiger charge is 2.37. The van der Waals surface area contributed by atoms with E-state index in [-0.39, 0.29) is 11.1 Å². The largest absolute Gasteiger partial charge is 0.369 e. The number of carbonyl (C=O) groups is 3. The zero-order valence-corrected chi connectivity index (χ0v) is 17.6. The summed E-state index contributed by atoms with van der Waals surface area (Å²) in [5.41, 5.74) is 3.51. The predicted octanol–water partition coefficient (Wildman–Crippen LogP) is 4.08. The van der Waals surface area contributed by atoms with Crippen LogP contribution in [0.15, 0.2) is 54.1 Å². The molecule has 2 aromatic rings. The number of nitrogens with one attached hydrogen (secondary N) is 1. The number of carbonyl (C=O) groups excluding carboxylic acids is 3. The number of barbiturate groups is 1. The molecule has 4 amide bonds. The Morgan fingerprint density at radius 1 is 1.07 bits per heavy atom. The van der Waals surface area contributed by atoms with Gasteiger partial charge in [-0.1, -0.05) is 31.2 Å². The molecule has 2 aliphatic heterocycles. The van der Waals surface area contributed by atoms with Gasteiger partial charge < -0.3 is 4.90 Å². The van der Waals surface area contributed by atoms with Crippen LogP contribution in [0.2, 0.25) is 0 Å². The minimum Gasteiger partial charge on any atom is -0.369 e. The maximum Gasteiger partial charge on any atom is 0.335 e. The Kier molecular flexibility index (Phi) is 4.73. The zero-order valence-electron chi connectivity index (χ0n) is 17.6. The normalized spacial score (nSPS) is 22.2. The molecule has 1 atom stereocenters. The number of imide groups is 2. The number of hydrogen-bond donors (Lipinski definition) is 1. The first kappa shape index (κ1) is 19.9. The first-order valence-corrected chi connectivity index (χ1v) is 10.0. The van der Waals surface area contributed by atoms with Crippen molar-refractivity contribution in [2.45, 2.75) is 38.6 Å². The highest BCUT2D eigenvalue weighted by atomic mass is 16.2. The first-order chi connectivity index (χ1) is 14.2. The Labute approximate surface area is 176 Å². The maximum atomic E-state index is 13.0. The van der Waals surface area contributed by atoms with E-state index < -0.39 is 17.8 Å². The molecule has 6 heteroatoms. The fraction of sp³-hybridized carbons (Fsp3) is 0.292. The Bertz CT molecular complexity index is 1070. The molecule has 0 radical (unpaired) electrons. The van der Waals surface area contributed by atoms with Crippen molar-refractivity contribution < 1.29 is 14.4 Å². The van der Waals surface area contributed by atoms with Crippen molar-refractivity contribution in [3.8, 4) is 0 Å². The highest BCUT2D eigenvalue weighted by molar-refractivity contribution is 6.39. The molecular weight excluding hydrogens is 378 g/mol. The second-order valence-electron chi connectivity index (χ2n) is 8.59. The summed E-state index contributed by atoms with van der Waals surface area (Å²) in [4.78, 5) is 41.0. The Morgan fingerprint density at radius 3 is 2.47 bits per heavy atom. The van der Waals surface area contributed by atoms with Crippen LogP contribution in [0.25, 0.3) is 6.08 Å². The number of para-hydroxylation sites is 1. The van der Waals surface area contributed by atoms with Crippen molar-refractivity contribution in [3.05, 3.63) is 65.2 Å². The molecule has 0 aromatic heterocycles. The lowest BCUT2D eigenvalue weighted by Crippen LogP contribution is -2.54. The Balaban J connectivity index is 1.72. The number of benzene rings is 2. The molecule has 2 aromatic carbocycles. The maximum absolute atomic E-state index is 13.0. The highest BCUT2D eigenvalue weighted by Crippen LogP contribution is 2.42. The van der Waals surface area contributed by atoms with Crippen molar-refractivity contribution in [1.82, 2.24) is 5.32 Å². The van der Waals surface area contributed by atoms with Gasteiger partial charge in [-0.25, -0.2) is 9.69 Å². The standard InChI is InChI=1S/C24H25N3O3/c1-15-14-24(2,3)26(4)20-11-10-16(12-18(15)20)13-19-21(28)25-23(30)27(22(19)29)17-8-6-5-7-9-17/h5-13,15H,14H2,1-4H3,(H,25,28,30)/b19-13+/t15-/m1/s1. The van der Waals surface area contributed by atoms with Crippen LogP contribution >= 0.6 is 0 Å². The van der Waals surface area contributed by atoms with Gasteiger partial charge in [0, 0.05) is 18.3 Å². The molecule has 1 fully saturated rings. The number of rotatable bonds is 2. The van der Waals surface area contributed by atoms with Crippen LogP contribution in [-0.4, -0.2) is 30.4 Å². The van der Waals surface area contributed by atoms with Crippen LogP contribution in [0.4, 0.5) is 16.2 Å². The van der Waals surface area contributed by atoms with Crippen molar-refractivity contribution in [3.63, 3.8) is 0 Å². The van der Waals surface area contributed by atoms with E-state index in [1.165, 1.54) is 5.56 Å². The van der Waals surface area contributed by atoms with Gasteiger partial charge in [-0.3, -0.25) is 14.9 Å². The van der Waals surface area contributed by atoms with Crippen molar-refractivity contribution in [2.24, 2.45) is 0 Å². The fourth-order valence-electron chi connectivity index (χ4n) is 4.32. The smallest absolute Gasteiger partial charge is 0.335 e. The molecule has 6 nitrogen and oxygen atoms in total. The predicted molar refractivity (Wildman–Crippen MR) is 117 cm³/mol. The summed E-state index contributed by atoms with van der Waals surface area (Å²) in [7, 11) is 2.09. The van der Waals surface area contributed by atoms with Crippen LogP contribution in [0.5, 0.6) is 0 Å². The molecule has 0 unspecified atom stereocenters. The molecule has 0 bridgehead atoms. The van der Waals surface area contributed by atoms with Gasteiger partial charge in [0.05, 0.1) is 5.69 Å². The van der Waals surface area contributed by atoms with Gasteiger partial charge in [-0.05, 0) is 67.7 Å². The Morgan fingerprint density at radius 2 is 1.77 bits per heavy atom. The molecule has 1 saturated heterocycles. The van der Waals surface area contributed by atoms with Crippen LogP contribution in [0, 0.1) is 0 Å². The minimum absolute atomic E-state index is 0.0577. The summed E-state index contributed by atoms with van der Waals surface area (Å²) in [6, 6.07) is 13.8. The molecular formula is C24H25N3O3. The van der Waals surface area contributed by atoms with E-state index in [1.807, 2.05) is 18.2 Å². The molecule has 30 heavy (non-hydrogen) atoms. The summed E-state index contributed by atoms with van der Waals surface area (Å²) in [6.45, 7) is 6.64. The Hall–Kier alpha value is -3.41. The van der Waals surface area contributed by atoms with Gasteiger partial charge in [-0.15, -0.1) is 0 Å². The van der Waals surface area contributed by atoms with Crippen molar-refractivity contribution in [2.75, 3.05) is 16.8 Å². The van der Waals surface area contributed by atoms with Crippen molar-refractivity contribution >= 4 is 35.3 Å². The summed E-state index contributed by atoms with van der Waals surface area (Å²) < 4.78 is 0. The second-order valence-corrected chi connectivity index (χ2v) is 8.59. The van der Waals surface area contributed by atoms with Gasteiger partial charge in [0.25, 0.3) is 11.8 Å². The number of amides is 4. The number of anilines is 2. The number of urea groups is 1. The third kappa shape index (κ3) is 3.28. The average molecular weight is 403 g/mol. The lowest BCUT2D eigenvalue weighted by molar-refractivity contribution is -0.122. The average Bonchev–Trinajstić information content (AvgIpc) is 2.70. The molecule has 0 saturated carbocycles. The number of hydrogen-bond acceptors (Lipinski definition) is 4. The monoisotopic (exact) mass is 403 g/mol.